The Hall–Kier alpha value is -3.52. The molecule has 0 amide bonds. The molecule has 0 aromatic heterocycles. The molecule has 0 radical (unpaired) electrons. The number of fused-ring (bicyclic) bond motifs is 3. The van der Waals surface area contributed by atoms with E-state index in [0.717, 1.165) is 19.5 Å². The summed E-state index contributed by atoms with van der Waals surface area (Å²) >= 11 is 0. The van der Waals surface area contributed by atoms with E-state index in [-0.39, 0.29) is 6.17 Å². The highest BCUT2D eigenvalue weighted by Crippen LogP contribution is 2.42. The minimum absolute atomic E-state index is 0.189. The second-order valence-electron chi connectivity index (χ2n) is 9.18. The van der Waals surface area contributed by atoms with Crippen molar-refractivity contribution in [2.24, 2.45) is 0 Å². The van der Waals surface area contributed by atoms with Gasteiger partial charge < -0.3 is 9.80 Å². The highest BCUT2D eigenvalue weighted by atomic mass is 15.4. The van der Waals surface area contributed by atoms with E-state index in [1.807, 2.05) is 0 Å². The molecule has 1 aliphatic carbocycles. The first-order chi connectivity index (χ1) is 15.7. The molecule has 0 unspecified atom stereocenters. The first-order valence-electron chi connectivity index (χ1n) is 11.5. The van der Waals surface area contributed by atoms with Crippen molar-refractivity contribution in [2.45, 2.75) is 26.4 Å². The Morgan fingerprint density at radius 3 is 1.78 bits per heavy atom. The SMILES string of the molecule is Cc1ccc(N2CCN(c3ccc(C)cc3)C2c2ccc3c(c2)Cc2ccccc2-3)cc1. The van der Waals surface area contributed by atoms with Gasteiger partial charge in [-0.25, -0.2) is 0 Å². The van der Waals surface area contributed by atoms with Crippen molar-refractivity contribution in [3.63, 3.8) is 0 Å². The lowest BCUT2D eigenvalue weighted by molar-refractivity contribution is 0.716. The number of anilines is 2. The Kier molecular flexibility index (Phi) is 4.53. The first kappa shape index (κ1) is 19.2. The van der Waals surface area contributed by atoms with Crippen LogP contribution in [0, 0.1) is 13.8 Å². The largest absolute Gasteiger partial charge is 0.346 e. The molecule has 4 aromatic rings. The molecule has 1 fully saturated rings. The van der Waals surface area contributed by atoms with Gasteiger partial charge in [0.15, 0.2) is 0 Å². The zero-order chi connectivity index (χ0) is 21.7. The summed E-state index contributed by atoms with van der Waals surface area (Å²) in [6.07, 6.45) is 1.22. The normalized spacial score (nSPS) is 15.2. The van der Waals surface area contributed by atoms with Gasteiger partial charge in [0.2, 0.25) is 0 Å². The van der Waals surface area contributed by atoms with Crippen molar-refractivity contribution >= 4 is 11.4 Å². The van der Waals surface area contributed by atoms with Crippen LogP contribution in [0.25, 0.3) is 11.1 Å². The van der Waals surface area contributed by atoms with Gasteiger partial charge in [-0.1, -0.05) is 77.9 Å². The van der Waals surface area contributed by atoms with E-state index in [0.29, 0.717) is 0 Å². The minimum atomic E-state index is 0.189. The van der Waals surface area contributed by atoms with E-state index in [9.17, 15) is 0 Å². The summed E-state index contributed by atoms with van der Waals surface area (Å²) in [5.74, 6) is 0. The van der Waals surface area contributed by atoms with Crippen LogP contribution in [0.15, 0.2) is 91.0 Å². The van der Waals surface area contributed by atoms with E-state index in [4.69, 9.17) is 0 Å². The second-order valence-corrected chi connectivity index (χ2v) is 9.18. The Labute approximate surface area is 190 Å². The van der Waals surface area contributed by atoms with Crippen LogP contribution in [0.1, 0.15) is 34.0 Å². The molecular weight excluding hydrogens is 388 g/mol. The van der Waals surface area contributed by atoms with E-state index in [1.165, 1.54) is 50.3 Å². The molecule has 6 rings (SSSR count). The van der Waals surface area contributed by atoms with E-state index >= 15 is 0 Å². The first-order valence-corrected chi connectivity index (χ1v) is 11.5. The summed E-state index contributed by atoms with van der Waals surface area (Å²) in [4.78, 5) is 5.12. The number of hydrogen-bond acceptors (Lipinski definition) is 2. The number of hydrogen-bond donors (Lipinski definition) is 0. The molecule has 0 saturated carbocycles. The molecular formula is C30H28N2. The highest BCUT2D eigenvalue weighted by molar-refractivity contribution is 5.77. The van der Waals surface area contributed by atoms with E-state index in [1.54, 1.807) is 0 Å². The van der Waals surface area contributed by atoms with E-state index in [2.05, 4.69) is 115 Å². The van der Waals surface area contributed by atoms with Gasteiger partial charge in [0.05, 0.1) is 0 Å². The molecule has 0 spiro atoms. The highest BCUT2D eigenvalue weighted by Gasteiger charge is 2.34. The average Bonchev–Trinajstić information content (AvgIpc) is 3.41. The topological polar surface area (TPSA) is 6.48 Å². The standard InChI is InChI=1S/C30H28N2/c1-21-7-12-26(13-8-21)31-17-18-32(27-14-9-22(2)10-15-27)30(31)24-11-16-29-25(20-24)19-23-5-3-4-6-28(23)29/h3-16,20,30H,17-19H2,1-2H3. The quantitative estimate of drug-likeness (QED) is 0.316. The van der Waals surface area contributed by atoms with Gasteiger partial charge in [0.25, 0.3) is 0 Å². The van der Waals surface area contributed by atoms with Gasteiger partial charge in [-0.2, -0.15) is 0 Å². The van der Waals surface area contributed by atoms with Gasteiger partial charge in [0.1, 0.15) is 6.17 Å². The monoisotopic (exact) mass is 416 g/mol. The maximum atomic E-state index is 2.56. The predicted molar refractivity (Wildman–Crippen MR) is 134 cm³/mol. The van der Waals surface area contributed by atoms with Crippen molar-refractivity contribution in [1.29, 1.82) is 0 Å². The van der Waals surface area contributed by atoms with Crippen LogP contribution < -0.4 is 9.80 Å². The Morgan fingerprint density at radius 2 is 1.16 bits per heavy atom. The molecule has 0 atom stereocenters. The van der Waals surface area contributed by atoms with Gasteiger partial charge in [-0.05, 0) is 72.4 Å². The van der Waals surface area contributed by atoms with E-state index < -0.39 is 0 Å². The Bertz CT molecular complexity index is 1220. The van der Waals surface area contributed by atoms with Gasteiger partial charge in [0, 0.05) is 24.5 Å². The zero-order valence-electron chi connectivity index (χ0n) is 18.8. The summed E-state index contributed by atoms with van der Waals surface area (Å²) in [5, 5.41) is 0. The molecule has 1 heterocycles. The fourth-order valence-corrected chi connectivity index (χ4v) is 5.33. The Balaban J connectivity index is 1.43. The molecule has 1 aliphatic heterocycles. The van der Waals surface area contributed by atoms with Crippen LogP contribution in [0.4, 0.5) is 11.4 Å². The third-order valence-electron chi connectivity index (χ3n) is 7.02. The van der Waals surface area contributed by atoms with Gasteiger partial charge >= 0.3 is 0 Å². The zero-order valence-corrected chi connectivity index (χ0v) is 18.8. The molecule has 1 saturated heterocycles. The predicted octanol–water partition coefficient (Wildman–Crippen LogP) is 6.90. The van der Waals surface area contributed by atoms with Crippen LogP contribution in [-0.2, 0) is 6.42 Å². The second kappa shape index (κ2) is 7.56. The lowest BCUT2D eigenvalue weighted by Crippen LogP contribution is -2.31. The fraction of sp³-hybridized carbons (Fsp3) is 0.200. The maximum Gasteiger partial charge on any atom is 0.128 e. The number of nitrogens with zero attached hydrogens (tertiary/aromatic N) is 2. The number of benzene rings is 4. The molecule has 32 heavy (non-hydrogen) atoms. The smallest absolute Gasteiger partial charge is 0.128 e. The number of rotatable bonds is 3. The average molecular weight is 417 g/mol. The summed E-state index contributed by atoms with van der Waals surface area (Å²) in [6, 6.07) is 33.9. The van der Waals surface area contributed by atoms with Crippen LogP contribution in [0.2, 0.25) is 0 Å². The summed E-state index contributed by atoms with van der Waals surface area (Å²) < 4.78 is 0. The van der Waals surface area contributed by atoms with Crippen LogP contribution in [-0.4, -0.2) is 13.1 Å². The summed E-state index contributed by atoms with van der Waals surface area (Å²) in [7, 11) is 0. The van der Waals surface area contributed by atoms with Gasteiger partial charge in [-0.15, -0.1) is 0 Å². The van der Waals surface area contributed by atoms with Gasteiger partial charge in [-0.3, -0.25) is 0 Å². The fourth-order valence-electron chi connectivity index (χ4n) is 5.33. The van der Waals surface area contributed by atoms with Crippen molar-refractivity contribution in [3.8, 4) is 11.1 Å². The van der Waals surface area contributed by atoms with Crippen molar-refractivity contribution in [2.75, 3.05) is 22.9 Å². The van der Waals surface area contributed by atoms with Crippen molar-refractivity contribution < 1.29 is 0 Å². The Morgan fingerprint density at radius 1 is 0.594 bits per heavy atom. The molecule has 0 bridgehead atoms. The molecule has 0 N–H and O–H groups in total. The maximum absolute atomic E-state index is 2.56. The van der Waals surface area contributed by atoms with Crippen molar-refractivity contribution in [1.82, 2.24) is 0 Å². The molecule has 4 aromatic carbocycles. The number of aryl methyl sites for hydroxylation is 2. The third kappa shape index (κ3) is 3.18. The molecule has 2 heteroatoms. The third-order valence-corrected chi connectivity index (χ3v) is 7.02. The summed E-state index contributed by atoms with van der Waals surface area (Å²) in [5.41, 5.74) is 12.2. The van der Waals surface area contributed by atoms with Crippen molar-refractivity contribution in [3.05, 3.63) is 119 Å². The lowest BCUT2D eigenvalue weighted by Gasteiger charge is -2.33. The summed E-state index contributed by atoms with van der Waals surface area (Å²) in [6.45, 7) is 6.34. The van der Waals surface area contributed by atoms with Crippen LogP contribution in [0.3, 0.4) is 0 Å². The van der Waals surface area contributed by atoms with Crippen LogP contribution >= 0.6 is 0 Å². The molecule has 2 aliphatic rings. The lowest BCUT2D eigenvalue weighted by atomic mass is 10.0. The molecule has 158 valence electrons. The van der Waals surface area contributed by atoms with Crippen LogP contribution in [0.5, 0.6) is 0 Å². The molecule has 2 nitrogen and oxygen atoms in total. The minimum Gasteiger partial charge on any atom is -0.346 e.